The third-order valence-electron chi connectivity index (χ3n) is 2.11. The van der Waals surface area contributed by atoms with E-state index in [0.717, 1.165) is 0 Å². The van der Waals surface area contributed by atoms with Crippen LogP contribution in [0.3, 0.4) is 0 Å². The van der Waals surface area contributed by atoms with Gasteiger partial charge in [-0.3, -0.25) is 0 Å². The highest BCUT2D eigenvalue weighted by Crippen LogP contribution is 2.24. The van der Waals surface area contributed by atoms with E-state index < -0.39 is 5.97 Å². The standard InChI is InChI=1S/C10H7FO3/c1-5-6-4-9(10(12)13)14-8(6)3-2-7(5)11/h2-4H,1H3,(H,12,13). The van der Waals surface area contributed by atoms with E-state index in [1.807, 2.05) is 0 Å². The van der Waals surface area contributed by atoms with Crippen LogP contribution in [0.4, 0.5) is 4.39 Å². The Morgan fingerprint density at radius 1 is 1.50 bits per heavy atom. The van der Waals surface area contributed by atoms with E-state index in [9.17, 15) is 9.18 Å². The molecule has 0 atom stereocenters. The Hall–Kier alpha value is -1.84. The number of fused-ring (bicyclic) bond motifs is 1. The molecule has 1 heterocycles. The summed E-state index contributed by atoms with van der Waals surface area (Å²) in [6.45, 7) is 1.58. The Bertz CT molecular complexity index is 513. The highest BCUT2D eigenvalue weighted by atomic mass is 19.1. The summed E-state index contributed by atoms with van der Waals surface area (Å²) in [5.74, 6) is -1.69. The van der Waals surface area contributed by atoms with Gasteiger partial charge >= 0.3 is 5.97 Å². The fourth-order valence-electron chi connectivity index (χ4n) is 1.33. The molecule has 0 bridgehead atoms. The van der Waals surface area contributed by atoms with E-state index in [-0.39, 0.29) is 11.6 Å². The summed E-state index contributed by atoms with van der Waals surface area (Å²) in [6.07, 6.45) is 0. The van der Waals surface area contributed by atoms with Gasteiger partial charge < -0.3 is 9.52 Å². The smallest absolute Gasteiger partial charge is 0.371 e. The molecule has 0 aliphatic heterocycles. The highest BCUT2D eigenvalue weighted by molar-refractivity contribution is 5.92. The first-order chi connectivity index (χ1) is 6.59. The Morgan fingerprint density at radius 2 is 2.21 bits per heavy atom. The predicted octanol–water partition coefficient (Wildman–Crippen LogP) is 2.58. The summed E-state index contributed by atoms with van der Waals surface area (Å²) in [6, 6.07) is 4.01. The van der Waals surface area contributed by atoms with Gasteiger partial charge in [0.2, 0.25) is 5.76 Å². The van der Waals surface area contributed by atoms with Crippen LogP contribution in [0.15, 0.2) is 22.6 Å². The number of carboxylic acid groups (broad SMARTS) is 1. The number of carbonyl (C=O) groups is 1. The molecule has 3 nitrogen and oxygen atoms in total. The van der Waals surface area contributed by atoms with Gasteiger partial charge in [0.25, 0.3) is 0 Å². The Balaban J connectivity index is 2.77. The minimum atomic E-state index is -1.15. The van der Waals surface area contributed by atoms with Crippen LogP contribution >= 0.6 is 0 Å². The van der Waals surface area contributed by atoms with E-state index in [4.69, 9.17) is 9.52 Å². The van der Waals surface area contributed by atoms with E-state index in [2.05, 4.69) is 0 Å². The minimum Gasteiger partial charge on any atom is -0.475 e. The quantitative estimate of drug-likeness (QED) is 0.758. The molecule has 4 heteroatoms. The molecule has 0 spiro atoms. The number of aromatic carboxylic acids is 1. The van der Waals surface area contributed by atoms with Crippen molar-refractivity contribution in [3.63, 3.8) is 0 Å². The van der Waals surface area contributed by atoms with Crippen LogP contribution in [-0.2, 0) is 0 Å². The Morgan fingerprint density at radius 3 is 2.86 bits per heavy atom. The van der Waals surface area contributed by atoms with Gasteiger partial charge in [-0.1, -0.05) is 0 Å². The second kappa shape index (κ2) is 2.83. The molecule has 0 radical (unpaired) electrons. The molecule has 14 heavy (non-hydrogen) atoms. The number of furan rings is 1. The molecular formula is C10H7FO3. The molecule has 0 aliphatic carbocycles. The van der Waals surface area contributed by atoms with Gasteiger partial charge in [-0.2, -0.15) is 0 Å². The van der Waals surface area contributed by atoms with Gasteiger partial charge in [-0.05, 0) is 30.7 Å². The van der Waals surface area contributed by atoms with Crippen molar-refractivity contribution < 1.29 is 18.7 Å². The molecule has 0 saturated carbocycles. The van der Waals surface area contributed by atoms with Crippen molar-refractivity contribution >= 4 is 16.9 Å². The number of aryl methyl sites for hydroxylation is 1. The van der Waals surface area contributed by atoms with E-state index in [1.165, 1.54) is 18.2 Å². The predicted molar refractivity (Wildman–Crippen MR) is 47.9 cm³/mol. The van der Waals surface area contributed by atoms with Crippen molar-refractivity contribution in [2.45, 2.75) is 6.92 Å². The molecular weight excluding hydrogens is 187 g/mol. The zero-order valence-corrected chi connectivity index (χ0v) is 7.37. The van der Waals surface area contributed by atoms with Gasteiger partial charge in [0.1, 0.15) is 11.4 Å². The van der Waals surface area contributed by atoms with Crippen LogP contribution in [0.2, 0.25) is 0 Å². The van der Waals surface area contributed by atoms with Gasteiger partial charge in [0.15, 0.2) is 0 Å². The van der Waals surface area contributed by atoms with Crippen LogP contribution in [0.5, 0.6) is 0 Å². The summed E-state index contributed by atoms with van der Waals surface area (Å²) in [5.41, 5.74) is 0.792. The van der Waals surface area contributed by atoms with Gasteiger partial charge in [0.05, 0.1) is 0 Å². The van der Waals surface area contributed by atoms with Crippen molar-refractivity contribution in [1.82, 2.24) is 0 Å². The first-order valence-corrected chi connectivity index (χ1v) is 4.01. The number of halogens is 1. The average molecular weight is 194 g/mol. The fraction of sp³-hybridized carbons (Fsp3) is 0.100. The SMILES string of the molecule is Cc1c(F)ccc2oc(C(=O)O)cc12. The lowest BCUT2D eigenvalue weighted by molar-refractivity contribution is 0.0665. The van der Waals surface area contributed by atoms with Crippen molar-refractivity contribution in [3.8, 4) is 0 Å². The second-order valence-corrected chi connectivity index (χ2v) is 3.00. The topological polar surface area (TPSA) is 50.4 Å². The number of hydrogen-bond acceptors (Lipinski definition) is 2. The number of carboxylic acids is 1. The van der Waals surface area contributed by atoms with Gasteiger partial charge in [0, 0.05) is 5.39 Å². The van der Waals surface area contributed by atoms with Crippen LogP contribution < -0.4 is 0 Å². The van der Waals surface area contributed by atoms with Gasteiger partial charge in [-0.25, -0.2) is 9.18 Å². The first kappa shape index (κ1) is 8.74. The lowest BCUT2D eigenvalue weighted by Gasteiger charge is -1.94. The summed E-state index contributed by atoms with van der Waals surface area (Å²) in [4.78, 5) is 10.6. The zero-order chi connectivity index (χ0) is 10.3. The monoisotopic (exact) mass is 194 g/mol. The normalized spacial score (nSPS) is 10.7. The zero-order valence-electron chi connectivity index (χ0n) is 7.37. The molecule has 0 unspecified atom stereocenters. The van der Waals surface area contributed by atoms with Crippen molar-refractivity contribution in [3.05, 3.63) is 35.3 Å². The summed E-state index contributed by atoms with van der Waals surface area (Å²) in [5, 5.41) is 9.16. The minimum absolute atomic E-state index is 0.172. The maximum absolute atomic E-state index is 13.1. The number of benzene rings is 1. The Labute approximate surface area is 78.8 Å². The largest absolute Gasteiger partial charge is 0.475 e. The van der Waals surface area contributed by atoms with Crippen LogP contribution in [0.1, 0.15) is 16.1 Å². The molecule has 0 amide bonds. The number of rotatable bonds is 1. The van der Waals surface area contributed by atoms with Gasteiger partial charge in [-0.15, -0.1) is 0 Å². The maximum Gasteiger partial charge on any atom is 0.371 e. The number of hydrogen-bond donors (Lipinski definition) is 1. The first-order valence-electron chi connectivity index (χ1n) is 4.01. The summed E-state index contributed by atoms with van der Waals surface area (Å²) < 4.78 is 18.1. The van der Waals surface area contributed by atoms with Crippen molar-refractivity contribution in [1.29, 1.82) is 0 Å². The van der Waals surface area contributed by atoms with E-state index in [0.29, 0.717) is 16.5 Å². The highest BCUT2D eigenvalue weighted by Gasteiger charge is 2.13. The molecule has 1 N–H and O–H groups in total. The lowest BCUT2D eigenvalue weighted by atomic mass is 10.1. The molecule has 0 saturated heterocycles. The van der Waals surface area contributed by atoms with Crippen LogP contribution in [0, 0.1) is 12.7 Å². The third kappa shape index (κ3) is 1.16. The fourth-order valence-corrected chi connectivity index (χ4v) is 1.33. The molecule has 2 aromatic rings. The van der Waals surface area contributed by atoms with E-state index >= 15 is 0 Å². The Kier molecular flexibility index (Phi) is 1.77. The molecule has 2 rings (SSSR count). The molecule has 0 aliphatic rings. The molecule has 72 valence electrons. The van der Waals surface area contributed by atoms with Crippen LogP contribution in [0.25, 0.3) is 11.0 Å². The lowest BCUT2D eigenvalue weighted by Crippen LogP contribution is -1.91. The summed E-state index contributed by atoms with van der Waals surface area (Å²) in [7, 11) is 0. The van der Waals surface area contributed by atoms with Crippen molar-refractivity contribution in [2.24, 2.45) is 0 Å². The third-order valence-corrected chi connectivity index (χ3v) is 2.11. The second-order valence-electron chi connectivity index (χ2n) is 3.00. The van der Waals surface area contributed by atoms with Crippen LogP contribution in [-0.4, -0.2) is 11.1 Å². The molecule has 0 fully saturated rings. The maximum atomic E-state index is 13.1. The summed E-state index contributed by atoms with van der Waals surface area (Å²) >= 11 is 0. The molecule has 1 aromatic heterocycles. The van der Waals surface area contributed by atoms with E-state index in [1.54, 1.807) is 6.92 Å². The molecule has 1 aromatic carbocycles. The average Bonchev–Trinajstić information content (AvgIpc) is 2.56. The van der Waals surface area contributed by atoms with Crippen molar-refractivity contribution in [2.75, 3.05) is 0 Å².